The Morgan fingerprint density at radius 1 is 0.875 bits per heavy atom. The molecule has 9 nitrogen and oxygen atoms in total. The average molecular weight is 772 g/mol. The first-order valence-corrected chi connectivity index (χ1v) is 21.2. The number of allylic oxidation sites excluding steroid dienone is 2. The lowest BCUT2D eigenvalue weighted by Gasteiger charge is -2.72. The molecule has 1 aromatic carbocycles. The maximum absolute atomic E-state index is 14.6. The van der Waals surface area contributed by atoms with Gasteiger partial charge in [-0.3, -0.25) is 14.4 Å². The highest BCUT2D eigenvalue weighted by molar-refractivity contribution is 5.88. The smallest absolute Gasteiger partial charge is 0.335 e. The number of carbonyl (C=O) groups excluding carboxylic acids is 3. The number of methoxy groups -OCH3 is 1. The summed E-state index contributed by atoms with van der Waals surface area (Å²) in [5.74, 6) is 0.483. The molecule has 0 bridgehead atoms. The Balaban J connectivity index is 1.31. The van der Waals surface area contributed by atoms with Crippen molar-refractivity contribution in [2.75, 3.05) is 47.9 Å². The second kappa shape index (κ2) is 15.4. The van der Waals surface area contributed by atoms with Crippen molar-refractivity contribution in [3.63, 3.8) is 0 Å². The van der Waals surface area contributed by atoms with Gasteiger partial charge in [-0.15, -0.1) is 0 Å². The van der Waals surface area contributed by atoms with E-state index in [0.29, 0.717) is 36.4 Å². The summed E-state index contributed by atoms with van der Waals surface area (Å²) in [6.45, 7) is 19.1. The number of aromatic carboxylic acids is 1. The van der Waals surface area contributed by atoms with E-state index in [1.165, 1.54) is 12.7 Å². The molecule has 0 unspecified atom stereocenters. The molecule has 0 heterocycles. The van der Waals surface area contributed by atoms with Gasteiger partial charge < -0.3 is 25.0 Å². The quantitative estimate of drug-likeness (QED) is 0.163. The average Bonchev–Trinajstić information content (AvgIpc) is 3.55. The van der Waals surface area contributed by atoms with E-state index in [4.69, 9.17) is 4.74 Å². The normalized spacial score (nSPS) is 35.5. The van der Waals surface area contributed by atoms with Crippen molar-refractivity contribution in [3.05, 3.63) is 53.6 Å². The Bertz CT molecular complexity index is 1750. The predicted octanol–water partition coefficient (Wildman–Crippen LogP) is 8.11. The zero-order valence-electron chi connectivity index (χ0n) is 35.8. The van der Waals surface area contributed by atoms with Gasteiger partial charge in [0, 0.05) is 33.1 Å². The van der Waals surface area contributed by atoms with Crippen LogP contribution >= 0.6 is 0 Å². The van der Waals surface area contributed by atoms with Gasteiger partial charge in [-0.05, 0) is 146 Å². The van der Waals surface area contributed by atoms with Gasteiger partial charge in [0.15, 0.2) is 0 Å². The molecular weight excluding hydrogens is 703 g/mol. The number of hydrogen-bond donors (Lipinski definition) is 2. The number of rotatable bonds is 12. The standard InChI is InChI=1S/C47H69N3O6/c1-30(29-50(9)38(51)17-18-39(52)56-10)33-19-24-47(42(55)48-27-28-49(7)8)26-25-45(5)35(40(33)47)15-16-37-44(4)22-20-34(31-11-13-32(14-12-31)41(53)54)43(2,3)36(44)21-23-46(37,45)6/h11-14,20,33,35-37,40H,1,15-19,21-29H2,2-10H3,(H,48,55)(H,53,54)/t33-,35+,36-,37+,40+,44-,45+,46+,47-/m0/s1. The Kier molecular flexibility index (Phi) is 11.6. The maximum Gasteiger partial charge on any atom is 0.335 e. The molecule has 0 aromatic heterocycles. The third-order valence-electron chi connectivity index (χ3n) is 16.9. The van der Waals surface area contributed by atoms with Crippen LogP contribution in [-0.2, 0) is 19.1 Å². The third-order valence-corrected chi connectivity index (χ3v) is 16.9. The summed E-state index contributed by atoms with van der Waals surface area (Å²) < 4.78 is 4.77. The molecule has 4 saturated carbocycles. The van der Waals surface area contributed by atoms with Crippen molar-refractivity contribution in [1.82, 2.24) is 15.1 Å². The van der Waals surface area contributed by atoms with Crippen LogP contribution in [-0.4, -0.2) is 86.5 Å². The number of benzene rings is 1. The number of ether oxygens (including phenoxy) is 1. The fraction of sp³-hybridized carbons (Fsp3) is 0.702. The van der Waals surface area contributed by atoms with Gasteiger partial charge in [-0.25, -0.2) is 4.79 Å². The van der Waals surface area contributed by atoms with Crippen molar-refractivity contribution in [2.24, 2.45) is 56.7 Å². The first-order chi connectivity index (χ1) is 26.3. The summed E-state index contributed by atoms with van der Waals surface area (Å²) in [6.07, 6.45) is 11.8. The topological polar surface area (TPSA) is 116 Å². The number of nitrogens with one attached hydrogen (secondary N) is 1. The van der Waals surface area contributed by atoms with E-state index in [2.05, 4.69) is 57.5 Å². The van der Waals surface area contributed by atoms with E-state index in [-0.39, 0.29) is 64.1 Å². The summed E-state index contributed by atoms with van der Waals surface area (Å²) in [4.78, 5) is 55.0. The van der Waals surface area contributed by atoms with Crippen LogP contribution in [0.1, 0.15) is 121 Å². The van der Waals surface area contributed by atoms with Crippen molar-refractivity contribution in [3.8, 4) is 0 Å². The van der Waals surface area contributed by atoms with E-state index in [1.54, 1.807) is 24.1 Å². The summed E-state index contributed by atoms with van der Waals surface area (Å²) in [7, 11) is 7.21. The highest BCUT2D eigenvalue weighted by Crippen LogP contribution is 2.77. The number of carboxylic acid groups (broad SMARTS) is 1. The molecule has 9 heteroatoms. The lowest BCUT2D eigenvalue weighted by atomic mass is 9.32. The molecule has 56 heavy (non-hydrogen) atoms. The van der Waals surface area contributed by atoms with Gasteiger partial charge in [0.2, 0.25) is 11.8 Å². The fourth-order valence-corrected chi connectivity index (χ4v) is 13.9. The number of hydrogen-bond acceptors (Lipinski definition) is 6. The van der Waals surface area contributed by atoms with Crippen LogP contribution in [0.3, 0.4) is 0 Å². The van der Waals surface area contributed by atoms with Crippen LogP contribution in [0, 0.1) is 56.7 Å². The van der Waals surface area contributed by atoms with Crippen LogP contribution in [0.4, 0.5) is 0 Å². The summed E-state index contributed by atoms with van der Waals surface area (Å²) in [5.41, 5.74) is 3.52. The third kappa shape index (κ3) is 6.85. The molecule has 1 aromatic rings. The molecule has 0 aliphatic heterocycles. The highest BCUT2D eigenvalue weighted by atomic mass is 16.5. The molecule has 9 atom stereocenters. The Hall–Kier alpha value is -3.46. The molecule has 4 fully saturated rings. The Morgan fingerprint density at radius 2 is 1.57 bits per heavy atom. The first kappa shape index (κ1) is 42.2. The van der Waals surface area contributed by atoms with E-state index in [0.717, 1.165) is 75.5 Å². The summed E-state index contributed by atoms with van der Waals surface area (Å²) in [5, 5.41) is 12.9. The number of amides is 2. The van der Waals surface area contributed by atoms with Gasteiger partial charge in [0.05, 0.1) is 24.5 Å². The van der Waals surface area contributed by atoms with E-state index < -0.39 is 11.4 Å². The van der Waals surface area contributed by atoms with Crippen LogP contribution in [0.5, 0.6) is 0 Å². The minimum atomic E-state index is -0.898. The molecule has 2 amide bonds. The van der Waals surface area contributed by atoms with E-state index in [1.807, 2.05) is 26.2 Å². The maximum atomic E-state index is 14.6. The molecule has 5 aliphatic carbocycles. The molecule has 6 rings (SSSR count). The number of likely N-dealkylation sites (N-methyl/N-ethyl adjacent to an activating group) is 2. The van der Waals surface area contributed by atoms with Crippen molar-refractivity contribution < 1.29 is 29.0 Å². The van der Waals surface area contributed by atoms with Gasteiger partial charge in [-0.1, -0.05) is 65.0 Å². The molecule has 0 spiro atoms. The number of fused-ring (bicyclic) bond motifs is 7. The lowest BCUT2D eigenvalue weighted by Crippen LogP contribution is -2.66. The van der Waals surface area contributed by atoms with E-state index in [9.17, 15) is 24.3 Å². The molecule has 0 saturated heterocycles. The largest absolute Gasteiger partial charge is 0.478 e. The highest BCUT2D eigenvalue weighted by Gasteiger charge is 2.71. The van der Waals surface area contributed by atoms with Crippen LogP contribution in [0.25, 0.3) is 5.57 Å². The second-order valence-electron chi connectivity index (χ2n) is 20.0. The van der Waals surface area contributed by atoms with Crippen LogP contribution in [0.15, 0.2) is 42.5 Å². The van der Waals surface area contributed by atoms with Crippen molar-refractivity contribution >= 4 is 29.3 Å². The molecule has 308 valence electrons. The van der Waals surface area contributed by atoms with Crippen molar-refractivity contribution in [1.29, 1.82) is 0 Å². The Morgan fingerprint density at radius 3 is 2.21 bits per heavy atom. The molecule has 5 aliphatic rings. The van der Waals surface area contributed by atoms with Crippen LogP contribution < -0.4 is 5.32 Å². The zero-order chi connectivity index (χ0) is 41.0. The number of nitrogens with zero attached hydrogens (tertiary/aromatic N) is 2. The predicted molar refractivity (Wildman–Crippen MR) is 221 cm³/mol. The zero-order valence-corrected chi connectivity index (χ0v) is 35.8. The number of carbonyl (C=O) groups is 4. The lowest BCUT2D eigenvalue weighted by molar-refractivity contribution is -0.225. The minimum Gasteiger partial charge on any atom is -0.478 e. The molecule has 2 N–H and O–H groups in total. The monoisotopic (exact) mass is 772 g/mol. The van der Waals surface area contributed by atoms with Crippen LogP contribution in [0.2, 0.25) is 0 Å². The first-order valence-electron chi connectivity index (χ1n) is 21.2. The van der Waals surface area contributed by atoms with Crippen molar-refractivity contribution in [2.45, 2.75) is 105 Å². The molecule has 0 radical (unpaired) electrons. The SMILES string of the molecule is C=C(CN(C)C(=O)CCC(=O)OC)[C@@H]1CC[C@]2(C(=O)NCCN(C)C)CC[C@]3(C)[C@H](CC[C@@H]4[C@@]5(C)CC=C(c6ccc(C(=O)O)cc6)C(C)(C)[C@@H]5CC[C@]43C)[C@@H]12. The van der Waals surface area contributed by atoms with Gasteiger partial charge in [0.25, 0.3) is 0 Å². The number of esters is 1. The second-order valence-corrected chi connectivity index (χ2v) is 20.0. The van der Waals surface area contributed by atoms with Gasteiger partial charge >= 0.3 is 11.9 Å². The number of carboxylic acids is 1. The van der Waals surface area contributed by atoms with Gasteiger partial charge in [-0.2, -0.15) is 0 Å². The fourth-order valence-electron chi connectivity index (χ4n) is 13.9. The minimum absolute atomic E-state index is 0.0356. The summed E-state index contributed by atoms with van der Waals surface area (Å²) >= 11 is 0. The Labute approximate surface area is 336 Å². The summed E-state index contributed by atoms with van der Waals surface area (Å²) in [6, 6.07) is 7.46. The molecular formula is C47H69N3O6. The van der Waals surface area contributed by atoms with E-state index >= 15 is 0 Å². The van der Waals surface area contributed by atoms with Gasteiger partial charge in [0.1, 0.15) is 0 Å².